The standard InChI is InChI=1S/C13H11ClN4S/c1-8-2-3-9(15-6-8)7-16-12-10(14)4-5-11-13(12)18-19-17-11/h2-6,16H,7H2,1H3. The summed E-state index contributed by atoms with van der Waals surface area (Å²) < 4.78 is 8.47. The van der Waals surface area contributed by atoms with E-state index < -0.39 is 0 Å². The van der Waals surface area contributed by atoms with Crippen molar-refractivity contribution >= 4 is 40.0 Å². The summed E-state index contributed by atoms with van der Waals surface area (Å²) in [6.07, 6.45) is 1.85. The lowest BCUT2D eigenvalue weighted by Gasteiger charge is -2.08. The predicted molar refractivity (Wildman–Crippen MR) is 78.7 cm³/mol. The Kier molecular flexibility index (Phi) is 3.31. The van der Waals surface area contributed by atoms with Crippen molar-refractivity contribution in [2.75, 3.05) is 5.32 Å². The van der Waals surface area contributed by atoms with Crippen LogP contribution in [0, 0.1) is 6.92 Å². The Morgan fingerprint density at radius 3 is 2.89 bits per heavy atom. The van der Waals surface area contributed by atoms with Crippen molar-refractivity contribution in [1.29, 1.82) is 0 Å². The summed E-state index contributed by atoms with van der Waals surface area (Å²) in [7, 11) is 0. The van der Waals surface area contributed by atoms with Gasteiger partial charge >= 0.3 is 0 Å². The first kappa shape index (κ1) is 12.3. The molecule has 2 heterocycles. The number of aryl methyl sites for hydroxylation is 1. The Balaban J connectivity index is 1.87. The Morgan fingerprint density at radius 2 is 2.11 bits per heavy atom. The molecule has 0 aliphatic heterocycles. The number of hydrogen-bond acceptors (Lipinski definition) is 5. The molecule has 96 valence electrons. The highest BCUT2D eigenvalue weighted by atomic mass is 35.5. The van der Waals surface area contributed by atoms with E-state index in [-0.39, 0.29) is 0 Å². The maximum Gasteiger partial charge on any atom is 0.129 e. The van der Waals surface area contributed by atoms with Gasteiger partial charge in [-0.15, -0.1) is 0 Å². The van der Waals surface area contributed by atoms with E-state index in [2.05, 4.69) is 19.0 Å². The number of hydrogen-bond donors (Lipinski definition) is 1. The van der Waals surface area contributed by atoms with Crippen molar-refractivity contribution in [3.63, 3.8) is 0 Å². The lowest BCUT2D eigenvalue weighted by atomic mass is 10.2. The monoisotopic (exact) mass is 290 g/mol. The third kappa shape index (κ3) is 2.52. The largest absolute Gasteiger partial charge is 0.376 e. The highest BCUT2D eigenvalue weighted by molar-refractivity contribution is 7.00. The molecule has 2 aromatic heterocycles. The van der Waals surface area contributed by atoms with Crippen LogP contribution in [-0.4, -0.2) is 13.7 Å². The summed E-state index contributed by atoms with van der Waals surface area (Å²) in [5, 5.41) is 3.93. The number of fused-ring (bicyclic) bond motifs is 1. The highest BCUT2D eigenvalue weighted by Gasteiger charge is 2.09. The number of benzene rings is 1. The molecule has 0 aliphatic carbocycles. The Bertz CT molecular complexity index is 708. The van der Waals surface area contributed by atoms with Crippen LogP contribution in [0.4, 0.5) is 5.69 Å². The minimum absolute atomic E-state index is 0.608. The van der Waals surface area contributed by atoms with Gasteiger partial charge in [0.05, 0.1) is 34.7 Å². The minimum Gasteiger partial charge on any atom is -0.376 e. The molecule has 0 spiro atoms. The van der Waals surface area contributed by atoms with Crippen molar-refractivity contribution in [1.82, 2.24) is 13.7 Å². The topological polar surface area (TPSA) is 50.7 Å². The Morgan fingerprint density at radius 1 is 1.21 bits per heavy atom. The fraction of sp³-hybridized carbons (Fsp3) is 0.154. The molecule has 3 aromatic rings. The van der Waals surface area contributed by atoms with Crippen molar-refractivity contribution in [3.05, 3.63) is 46.7 Å². The summed E-state index contributed by atoms with van der Waals surface area (Å²) in [5.74, 6) is 0. The number of pyridine rings is 1. The molecular weight excluding hydrogens is 280 g/mol. The minimum atomic E-state index is 0.608. The van der Waals surface area contributed by atoms with Gasteiger partial charge in [0.25, 0.3) is 0 Å². The summed E-state index contributed by atoms with van der Waals surface area (Å²) in [6.45, 7) is 2.62. The molecule has 1 N–H and O–H groups in total. The lowest BCUT2D eigenvalue weighted by molar-refractivity contribution is 1.04. The second-order valence-corrected chi connectivity index (χ2v) is 5.17. The average molecular weight is 291 g/mol. The second-order valence-electron chi connectivity index (χ2n) is 4.23. The molecule has 0 saturated heterocycles. The van der Waals surface area contributed by atoms with Gasteiger partial charge in [0.1, 0.15) is 11.0 Å². The fourth-order valence-corrected chi connectivity index (χ4v) is 2.54. The molecule has 0 aliphatic rings. The Hall–Kier alpha value is -1.72. The molecule has 6 heteroatoms. The van der Waals surface area contributed by atoms with Gasteiger partial charge in [0, 0.05) is 6.20 Å². The van der Waals surface area contributed by atoms with Gasteiger partial charge in [-0.2, -0.15) is 8.75 Å². The summed E-state index contributed by atoms with van der Waals surface area (Å²) in [5.41, 5.74) is 4.59. The summed E-state index contributed by atoms with van der Waals surface area (Å²) >= 11 is 7.39. The van der Waals surface area contributed by atoms with Crippen LogP contribution in [0.25, 0.3) is 11.0 Å². The number of rotatable bonds is 3. The Labute approximate surface area is 119 Å². The number of aromatic nitrogens is 3. The molecular formula is C13H11ClN4S. The van der Waals surface area contributed by atoms with Gasteiger partial charge in [-0.25, -0.2) is 0 Å². The molecule has 0 atom stereocenters. The van der Waals surface area contributed by atoms with Crippen LogP contribution in [0.5, 0.6) is 0 Å². The number of nitrogens with one attached hydrogen (secondary N) is 1. The number of nitrogens with zero attached hydrogens (tertiary/aromatic N) is 3. The molecule has 0 amide bonds. The zero-order valence-corrected chi connectivity index (χ0v) is 11.8. The normalized spacial score (nSPS) is 10.8. The average Bonchev–Trinajstić information content (AvgIpc) is 2.88. The molecule has 0 radical (unpaired) electrons. The van der Waals surface area contributed by atoms with E-state index in [1.54, 1.807) is 0 Å². The highest BCUT2D eigenvalue weighted by Crippen LogP contribution is 2.30. The van der Waals surface area contributed by atoms with Crippen molar-refractivity contribution < 1.29 is 0 Å². The second kappa shape index (κ2) is 5.11. The van der Waals surface area contributed by atoms with Gasteiger partial charge in [-0.1, -0.05) is 17.7 Å². The molecule has 1 aromatic carbocycles. The van der Waals surface area contributed by atoms with E-state index in [1.807, 2.05) is 37.4 Å². The van der Waals surface area contributed by atoms with Crippen molar-refractivity contribution in [3.8, 4) is 0 Å². The molecule has 19 heavy (non-hydrogen) atoms. The van der Waals surface area contributed by atoms with E-state index in [0.29, 0.717) is 11.6 Å². The molecule has 3 rings (SSSR count). The zero-order valence-electron chi connectivity index (χ0n) is 10.2. The van der Waals surface area contributed by atoms with Crippen LogP contribution in [0.2, 0.25) is 5.02 Å². The molecule has 0 unspecified atom stereocenters. The van der Waals surface area contributed by atoms with Gasteiger partial charge in [0.2, 0.25) is 0 Å². The van der Waals surface area contributed by atoms with Gasteiger partial charge in [-0.05, 0) is 30.7 Å². The number of halogens is 1. The predicted octanol–water partition coefficient (Wildman–Crippen LogP) is 3.66. The van der Waals surface area contributed by atoms with E-state index in [0.717, 1.165) is 28.0 Å². The fourth-order valence-electron chi connectivity index (χ4n) is 1.78. The molecule has 0 saturated carbocycles. The van der Waals surface area contributed by atoms with Crippen LogP contribution in [0.15, 0.2) is 30.5 Å². The zero-order chi connectivity index (χ0) is 13.2. The van der Waals surface area contributed by atoms with Crippen molar-refractivity contribution in [2.24, 2.45) is 0 Å². The molecule has 4 nitrogen and oxygen atoms in total. The first-order chi connectivity index (χ1) is 9.24. The maximum absolute atomic E-state index is 6.21. The number of anilines is 1. The molecule has 0 fully saturated rings. The van der Waals surface area contributed by atoms with Crippen LogP contribution in [0.3, 0.4) is 0 Å². The third-order valence-electron chi connectivity index (χ3n) is 2.80. The van der Waals surface area contributed by atoms with Gasteiger partial charge in [-0.3, -0.25) is 4.98 Å². The quantitative estimate of drug-likeness (QED) is 0.800. The van der Waals surface area contributed by atoms with E-state index in [1.165, 1.54) is 11.7 Å². The van der Waals surface area contributed by atoms with E-state index in [9.17, 15) is 0 Å². The van der Waals surface area contributed by atoms with Gasteiger partial charge in [0.15, 0.2) is 0 Å². The lowest BCUT2D eigenvalue weighted by Crippen LogP contribution is -2.02. The van der Waals surface area contributed by atoms with Crippen LogP contribution in [0.1, 0.15) is 11.3 Å². The SMILES string of the molecule is Cc1ccc(CNc2c(Cl)ccc3nsnc23)nc1. The van der Waals surface area contributed by atoms with E-state index >= 15 is 0 Å². The summed E-state index contributed by atoms with van der Waals surface area (Å²) in [4.78, 5) is 4.35. The van der Waals surface area contributed by atoms with E-state index in [4.69, 9.17) is 11.6 Å². The van der Waals surface area contributed by atoms with Crippen LogP contribution >= 0.6 is 23.3 Å². The molecule has 0 bridgehead atoms. The van der Waals surface area contributed by atoms with Crippen molar-refractivity contribution in [2.45, 2.75) is 13.5 Å². The first-order valence-corrected chi connectivity index (χ1v) is 6.91. The van der Waals surface area contributed by atoms with Crippen LogP contribution in [-0.2, 0) is 6.54 Å². The van der Waals surface area contributed by atoms with Gasteiger partial charge < -0.3 is 5.32 Å². The van der Waals surface area contributed by atoms with Crippen LogP contribution < -0.4 is 5.32 Å². The summed E-state index contributed by atoms with van der Waals surface area (Å²) in [6, 6.07) is 7.74. The third-order valence-corrected chi connectivity index (χ3v) is 3.65. The first-order valence-electron chi connectivity index (χ1n) is 5.80. The maximum atomic E-state index is 6.21. The smallest absolute Gasteiger partial charge is 0.129 e.